The minimum atomic E-state index is 0.124. The number of carbonyl (C=O) groups is 1. The van der Waals surface area contributed by atoms with Crippen LogP contribution >= 0.6 is 45.2 Å². The molecule has 2 aromatic rings. The molecule has 0 saturated carbocycles. The van der Waals surface area contributed by atoms with Crippen molar-refractivity contribution in [3.8, 4) is 0 Å². The van der Waals surface area contributed by atoms with Gasteiger partial charge in [-0.25, -0.2) is 0 Å². The van der Waals surface area contributed by atoms with Crippen LogP contribution in [0.4, 0.5) is 0 Å². The van der Waals surface area contributed by atoms with Crippen LogP contribution in [-0.4, -0.2) is 5.78 Å². The Hall–Kier alpha value is -0.430. The Morgan fingerprint density at radius 3 is 1.40 bits per heavy atom. The molecule has 0 spiro atoms. The van der Waals surface area contributed by atoms with Gasteiger partial charge in [-0.15, -0.1) is 0 Å². The first kappa shape index (κ1) is 15.9. The van der Waals surface area contributed by atoms with Crippen LogP contribution in [0.3, 0.4) is 0 Å². The SMILES string of the molecule is Cc1cc(C(=O)c2cc(C)c(I)cc2C)c(C)cc1I. The second-order valence-corrected chi connectivity index (χ2v) is 7.49. The Morgan fingerprint density at radius 1 is 0.700 bits per heavy atom. The van der Waals surface area contributed by atoms with Gasteiger partial charge in [0, 0.05) is 18.3 Å². The second-order valence-electron chi connectivity index (χ2n) is 5.16. The zero-order chi connectivity index (χ0) is 15.0. The lowest BCUT2D eigenvalue weighted by molar-refractivity contribution is 0.103. The van der Waals surface area contributed by atoms with E-state index in [4.69, 9.17) is 0 Å². The van der Waals surface area contributed by atoms with E-state index in [1.54, 1.807) is 0 Å². The zero-order valence-corrected chi connectivity index (χ0v) is 16.3. The zero-order valence-electron chi connectivity index (χ0n) is 12.0. The van der Waals surface area contributed by atoms with Gasteiger partial charge in [-0.3, -0.25) is 4.79 Å². The maximum Gasteiger partial charge on any atom is 0.193 e. The molecule has 104 valence electrons. The van der Waals surface area contributed by atoms with Crippen molar-refractivity contribution in [2.45, 2.75) is 27.7 Å². The second kappa shape index (κ2) is 6.13. The predicted molar refractivity (Wildman–Crippen MR) is 101 cm³/mol. The molecule has 2 aromatic carbocycles. The first-order valence-corrected chi connectivity index (χ1v) is 8.55. The summed E-state index contributed by atoms with van der Waals surface area (Å²) in [5.74, 6) is 0.124. The number of halogens is 2. The molecule has 0 atom stereocenters. The molecule has 0 N–H and O–H groups in total. The molecule has 2 rings (SSSR count). The molecule has 0 aliphatic heterocycles. The van der Waals surface area contributed by atoms with Gasteiger partial charge in [-0.1, -0.05) is 0 Å². The van der Waals surface area contributed by atoms with E-state index >= 15 is 0 Å². The monoisotopic (exact) mass is 490 g/mol. The van der Waals surface area contributed by atoms with E-state index in [0.29, 0.717) is 0 Å². The minimum absolute atomic E-state index is 0.124. The first-order valence-electron chi connectivity index (χ1n) is 6.39. The standard InChI is InChI=1S/C17H16I2O/c1-9-7-15(18)11(3)5-13(9)17(20)14-6-12(4)16(19)8-10(14)2/h5-8H,1-4H3. The van der Waals surface area contributed by atoms with Gasteiger partial charge in [0.1, 0.15) is 0 Å². The Balaban J connectivity index is 2.57. The molecule has 0 aromatic heterocycles. The summed E-state index contributed by atoms with van der Waals surface area (Å²) < 4.78 is 2.40. The fraction of sp³-hybridized carbons (Fsp3) is 0.235. The summed E-state index contributed by atoms with van der Waals surface area (Å²) in [5, 5.41) is 0. The summed E-state index contributed by atoms with van der Waals surface area (Å²) in [6.45, 7) is 8.10. The minimum Gasteiger partial charge on any atom is -0.289 e. The molecule has 0 aliphatic carbocycles. The molecule has 3 heteroatoms. The van der Waals surface area contributed by atoms with E-state index in [9.17, 15) is 4.79 Å². The van der Waals surface area contributed by atoms with Crippen molar-refractivity contribution in [1.29, 1.82) is 0 Å². The maximum atomic E-state index is 12.8. The highest BCUT2D eigenvalue weighted by atomic mass is 127. The van der Waals surface area contributed by atoms with Crippen molar-refractivity contribution in [3.05, 3.63) is 64.8 Å². The third-order valence-electron chi connectivity index (χ3n) is 3.50. The van der Waals surface area contributed by atoms with Gasteiger partial charge in [-0.2, -0.15) is 0 Å². The number of ketones is 1. The first-order chi connectivity index (χ1) is 9.31. The Labute approximate surface area is 147 Å². The summed E-state index contributed by atoms with van der Waals surface area (Å²) in [6.07, 6.45) is 0. The number of carbonyl (C=O) groups excluding carboxylic acids is 1. The molecule has 1 nitrogen and oxygen atoms in total. The summed E-state index contributed by atoms with van der Waals surface area (Å²) in [7, 11) is 0. The predicted octanol–water partition coefficient (Wildman–Crippen LogP) is 5.36. The van der Waals surface area contributed by atoms with Crippen LogP contribution in [0.1, 0.15) is 38.2 Å². The van der Waals surface area contributed by atoms with Crippen molar-refractivity contribution in [3.63, 3.8) is 0 Å². The Morgan fingerprint density at radius 2 is 1.05 bits per heavy atom. The van der Waals surface area contributed by atoms with Crippen LogP contribution in [0.15, 0.2) is 24.3 Å². The van der Waals surface area contributed by atoms with E-state index < -0.39 is 0 Å². The molecule has 0 heterocycles. The molecule has 0 saturated heterocycles. The molecular formula is C17H16I2O. The normalized spacial score (nSPS) is 10.7. The molecule has 0 fully saturated rings. The van der Waals surface area contributed by atoms with Gasteiger partial charge < -0.3 is 0 Å². The number of benzene rings is 2. The van der Waals surface area contributed by atoms with Crippen molar-refractivity contribution < 1.29 is 4.79 Å². The summed E-state index contributed by atoms with van der Waals surface area (Å²) >= 11 is 4.62. The molecule has 0 amide bonds. The summed E-state index contributed by atoms with van der Waals surface area (Å²) in [5.41, 5.74) is 6.01. The maximum absolute atomic E-state index is 12.8. The van der Waals surface area contributed by atoms with E-state index in [0.717, 1.165) is 33.4 Å². The smallest absolute Gasteiger partial charge is 0.193 e. The van der Waals surface area contributed by atoms with Gasteiger partial charge in [0.25, 0.3) is 0 Å². The van der Waals surface area contributed by atoms with Gasteiger partial charge >= 0.3 is 0 Å². The number of hydrogen-bond donors (Lipinski definition) is 0. The number of aryl methyl sites for hydroxylation is 4. The van der Waals surface area contributed by atoms with E-state index in [2.05, 4.69) is 57.3 Å². The number of rotatable bonds is 2. The van der Waals surface area contributed by atoms with Crippen LogP contribution in [-0.2, 0) is 0 Å². The average molecular weight is 490 g/mol. The van der Waals surface area contributed by atoms with Gasteiger partial charge in [0.2, 0.25) is 0 Å². The average Bonchev–Trinajstić information content (AvgIpc) is 2.37. The molecule has 0 aliphatic rings. The molecular weight excluding hydrogens is 474 g/mol. The fourth-order valence-corrected chi connectivity index (χ4v) is 3.44. The van der Waals surface area contributed by atoms with Crippen molar-refractivity contribution in [2.75, 3.05) is 0 Å². The fourth-order valence-electron chi connectivity index (χ4n) is 2.20. The van der Waals surface area contributed by atoms with Crippen LogP contribution in [0.2, 0.25) is 0 Å². The third kappa shape index (κ3) is 3.08. The summed E-state index contributed by atoms with van der Waals surface area (Å²) in [6, 6.07) is 8.17. The highest BCUT2D eigenvalue weighted by Crippen LogP contribution is 2.24. The molecule has 0 bridgehead atoms. The van der Waals surface area contributed by atoms with E-state index in [1.165, 1.54) is 7.14 Å². The highest BCUT2D eigenvalue weighted by Gasteiger charge is 2.16. The van der Waals surface area contributed by atoms with Crippen LogP contribution in [0.25, 0.3) is 0 Å². The van der Waals surface area contributed by atoms with Gasteiger partial charge in [0.15, 0.2) is 5.78 Å². The Bertz CT molecular complexity index is 643. The quantitative estimate of drug-likeness (QED) is 0.410. The third-order valence-corrected chi connectivity index (χ3v) is 5.82. The number of hydrogen-bond acceptors (Lipinski definition) is 1. The lowest BCUT2D eigenvalue weighted by Gasteiger charge is -2.12. The highest BCUT2D eigenvalue weighted by molar-refractivity contribution is 14.1. The van der Waals surface area contributed by atoms with Crippen molar-refractivity contribution in [2.24, 2.45) is 0 Å². The van der Waals surface area contributed by atoms with Crippen LogP contribution in [0, 0.1) is 34.8 Å². The molecule has 0 unspecified atom stereocenters. The molecule has 0 radical (unpaired) electrons. The van der Waals surface area contributed by atoms with Crippen LogP contribution < -0.4 is 0 Å². The van der Waals surface area contributed by atoms with Crippen molar-refractivity contribution >= 4 is 51.0 Å². The van der Waals surface area contributed by atoms with Crippen molar-refractivity contribution in [1.82, 2.24) is 0 Å². The molecule has 20 heavy (non-hydrogen) atoms. The lowest BCUT2D eigenvalue weighted by Crippen LogP contribution is -2.08. The van der Waals surface area contributed by atoms with E-state index in [1.807, 2.05) is 39.8 Å². The van der Waals surface area contributed by atoms with Gasteiger partial charge in [0.05, 0.1) is 0 Å². The van der Waals surface area contributed by atoms with E-state index in [-0.39, 0.29) is 5.78 Å². The summed E-state index contributed by atoms with van der Waals surface area (Å²) in [4.78, 5) is 12.8. The van der Waals surface area contributed by atoms with Crippen LogP contribution in [0.5, 0.6) is 0 Å². The lowest BCUT2D eigenvalue weighted by atomic mass is 9.94. The topological polar surface area (TPSA) is 17.1 Å². The largest absolute Gasteiger partial charge is 0.289 e. The van der Waals surface area contributed by atoms with Gasteiger partial charge in [-0.05, 0) is 119 Å². The Kier molecular flexibility index (Phi) is 4.89.